The minimum atomic E-state index is 0.670. The molecule has 122 valence electrons. The van der Waals surface area contributed by atoms with Crippen molar-refractivity contribution in [3.8, 4) is 17.0 Å². The monoisotopic (exact) mass is 337 g/mol. The lowest BCUT2D eigenvalue weighted by molar-refractivity contribution is 0.340. The fourth-order valence-electron chi connectivity index (χ4n) is 2.26. The van der Waals surface area contributed by atoms with E-state index in [4.69, 9.17) is 4.74 Å². The first-order valence-corrected chi connectivity index (χ1v) is 8.67. The number of nitrogens with zero attached hydrogens (tertiary/aromatic N) is 2. The Hall–Kier alpha value is -2.66. The van der Waals surface area contributed by atoms with Gasteiger partial charge >= 0.3 is 0 Å². The SMILES string of the molecule is CCOc1ccc(-c2csc(NN=Cc3cccc(C)c3)n2)cc1. The third-order valence-electron chi connectivity index (χ3n) is 3.38. The van der Waals surface area contributed by atoms with Crippen LogP contribution < -0.4 is 10.2 Å². The second-order valence-corrected chi connectivity index (χ2v) is 6.14. The van der Waals surface area contributed by atoms with E-state index >= 15 is 0 Å². The van der Waals surface area contributed by atoms with Crippen LogP contribution in [-0.4, -0.2) is 17.8 Å². The zero-order valence-electron chi connectivity index (χ0n) is 13.7. The zero-order chi connectivity index (χ0) is 16.8. The van der Waals surface area contributed by atoms with Gasteiger partial charge in [-0.2, -0.15) is 5.10 Å². The minimum absolute atomic E-state index is 0.670. The standard InChI is InChI=1S/C19H19N3OS/c1-3-23-17-9-7-16(8-10-17)18-13-24-19(21-18)22-20-12-15-6-4-5-14(2)11-15/h4-13H,3H2,1-2H3,(H,21,22). The molecule has 2 aromatic carbocycles. The Labute approximate surface area is 145 Å². The van der Waals surface area contributed by atoms with Crippen LogP contribution in [0.1, 0.15) is 18.1 Å². The topological polar surface area (TPSA) is 46.5 Å². The average Bonchev–Trinajstić information content (AvgIpc) is 3.05. The molecule has 0 saturated carbocycles. The van der Waals surface area contributed by atoms with Crippen molar-refractivity contribution in [1.82, 2.24) is 4.98 Å². The van der Waals surface area contributed by atoms with Gasteiger partial charge in [-0.05, 0) is 43.7 Å². The van der Waals surface area contributed by atoms with Crippen molar-refractivity contribution in [2.75, 3.05) is 12.0 Å². The molecular formula is C19H19N3OS. The molecule has 0 unspecified atom stereocenters. The van der Waals surface area contributed by atoms with Crippen molar-refractivity contribution >= 4 is 22.7 Å². The summed E-state index contributed by atoms with van der Waals surface area (Å²) in [6, 6.07) is 16.1. The number of benzene rings is 2. The van der Waals surface area contributed by atoms with Crippen LogP contribution in [-0.2, 0) is 0 Å². The van der Waals surface area contributed by atoms with Gasteiger partial charge in [0.1, 0.15) is 5.75 Å². The van der Waals surface area contributed by atoms with Gasteiger partial charge in [-0.25, -0.2) is 4.98 Å². The number of aryl methyl sites for hydroxylation is 1. The maximum atomic E-state index is 5.46. The third kappa shape index (κ3) is 4.20. The lowest BCUT2D eigenvalue weighted by Gasteiger charge is -2.03. The van der Waals surface area contributed by atoms with E-state index in [1.807, 2.05) is 48.7 Å². The smallest absolute Gasteiger partial charge is 0.203 e. The highest BCUT2D eigenvalue weighted by atomic mass is 32.1. The Morgan fingerprint density at radius 3 is 2.79 bits per heavy atom. The molecule has 1 heterocycles. The summed E-state index contributed by atoms with van der Waals surface area (Å²) >= 11 is 1.53. The molecule has 1 aromatic heterocycles. The molecular weight excluding hydrogens is 318 g/mol. The molecule has 0 bridgehead atoms. The Bertz CT molecular complexity index is 825. The molecule has 0 saturated heterocycles. The number of hydrogen-bond acceptors (Lipinski definition) is 5. The number of rotatable bonds is 6. The number of thiazole rings is 1. The quantitative estimate of drug-likeness (QED) is 0.510. The molecule has 24 heavy (non-hydrogen) atoms. The minimum Gasteiger partial charge on any atom is -0.494 e. The van der Waals surface area contributed by atoms with E-state index in [9.17, 15) is 0 Å². The molecule has 0 atom stereocenters. The molecule has 0 aliphatic heterocycles. The normalized spacial score (nSPS) is 10.9. The van der Waals surface area contributed by atoms with E-state index in [1.165, 1.54) is 16.9 Å². The Morgan fingerprint density at radius 1 is 1.21 bits per heavy atom. The maximum absolute atomic E-state index is 5.46. The second-order valence-electron chi connectivity index (χ2n) is 5.28. The predicted octanol–water partition coefficient (Wildman–Crippen LogP) is 4.96. The van der Waals surface area contributed by atoms with Crippen molar-refractivity contribution < 1.29 is 4.74 Å². The van der Waals surface area contributed by atoms with Crippen LogP contribution in [0.15, 0.2) is 59.0 Å². The molecule has 0 aliphatic carbocycles. The van der Waals surface area contributed by atoms with Crippen LogP contribution in [0.2, 0.25) is 0 Å². The molecule has 3 rings (SSSR count). The lowest BCUT2D eigenvalue weighted by Crippen LogP contribution is -1.91. The Kier molecular flexibility index (Phi) is 5.23. The molecule has 1 N–H and O–H groups in total. The maximum Gasteiger partial charge on any atom is 0.203 e. The van der Waals surface area contributed by atoms with Gasteiger partial charge < -0.3 is 4.74 Å². The largest absolute Gasteiger partial charge is 0.494 e. The van der Waals surface area contributed by atoms with Gasteiger partial charge in [-0.3, -0.25) is 5.43 Å². The van der Waals surface area contributed by atoms with Crippen molar-refractivity contribution in [2.45, 2.75) is 13.8 Å². The van der Waals surface area contributed by atoms with Crippen molar-refractivity contribution in [3.05, 3.63) is 65.0 Å². The molecule has 5 heteroatoms. The highest BCUT2D eigenvalue weighted by Gasteiger charge is 2.04. The van der Waals surface area contributed by atoms with Crippen LogP contribution in [0.5, 0.6) is 5.75 Å². The van der Waals surface area contributed by atoms with Crippen LogP contribution in [0, 0.1) is 6.92 Å². The van der Waals surface area contributed by atoms with Gasteiger partial charge in [0, 0.05) is 10.9 Å². The second kappa shape index (κ2) is 7.75. The molecule has 0 amide bonds. The molecule has 0 fully saturated rings. The summed E-state index contributed by atoms with van der Waals surface area (Å²) in [5.41, 5.74) is 7.25. The zero-order valence-corrected chi connectivity index (χ0v) is 14.5. The number of aromatic nitrogens is 1. The summed E-state index contributed by atoms with van der Waals surface area (Å²) in [4.78, 5) is 4.56. The van der Waals surface area contributed by atoms with Crippen LogP contribution in [0.25, 0.3) is 11.3 Å². The summed E-state index contributed by atoms with van der Waals surface area (Å²) < 4.78 is 5.46. The third-order valence-corrected chi connectivity index (χ3v) is 4.13. The summed E-state index contributed by atoms with van der Waals surface area (Å²) in [7, 11) is 0. The van der Waals surface area contributed by atoms with Crippen LogP contribution >= 0.6 is 11.3 Å². The Balaban J connectivity index is 1.65. The summed E-state index contributed by atoms with van der Waals surface area (Å²) in [6.45, 7) is 4.71. The first-order chi connectivity index (χ1) is 11.7. The van der Waals surface area contributed by atoms with E-state index < -0.39 is 0 Å². The van der Waals surface area contributed by atoms with Gasteiger partial charge in [0.25, 0.3) is 0 Å². The number of ether oxygens (including phenoxy) is 1. The lowest BCUT2D eigenvalue weighted by atomic mass is 10.2. The van der Waals surface area contributed by atoms with Gasteiger partial charge in [-0.15, -0.1) is 11.3 Å². The number of nitrogens with one attached hydrogen (secondary N) is 1. The summed E-state index contributed by atoms with van der Waals surface area (Å²) in [5.74, 6) is 0.873. The number of hydrogen-bond donors (Lipinski definition) is 1. The fourth-order valence-corrected chi connectivity index (χ4v) is 2.93. The summed E-state index contributed by atoms with van der Waals surface area (Å²) in [5, 5.41) is 7.03. The average molecular weight is 337 g/mol. The molecule has 4 nitrogen and oxygen atoms in total. The van der Waals surface area contributed by atoms with Crippen LogP contribution in [0.4, 0.5) is 5.13 Å². The summed E-state index contributed by atoms with van der Waals surface area (Å²) in [6.07, 6.45) is 1.80. The highest BCUT2D eigenvalue weighted by molar-refractivity contribution is 7.14. The highest BCUT2D eigenvalue weighted by Crippen LogP contribution is 2.26. The molecule has 0 radical (unpaired) electrons. The first-order valence-electron chi connectivity index (χ1n) is 7.79. The van der Waals surface area contributed by atoms with Gasteiger partial charge in [-0.1, -0.05) is 29.8 Å². The van der Waals surface area contributed by atoms with E-state index in [0.29, 0.717) is 6.61 Å². The van der Waals surface area contributed by atoms with Crippen LogP contribution in [0.3, 0.4) is 0 Å². The van der Waals surface area contributed by atoms with E-state index in [2.05, 4.69) is 34.6 Å². The number of anilines is 1. The van der Waals surface area contributed by atoms with Crippen molar-refractivity contribution in [2.24, 2.45) is 5.10 Å². The van der Waals surface area contributed by atoms with Crippen molar-refractivity contribution in [3.63, 3.8) is 0 Å². The predicted molar refractivity (Wildman–Crippen MR) is 101 cm³/mol. The Morgan fingerprint density at radius 2 is 2.04 bits per heavy atom. The van der Waals surface area contributed by atoms with Gasteiger partial charge in [0.2, 0.25) is 5.13 Å². The van der Waals surface area contributed by atoms with E-state index in [0.717, 1.165) is 27.7 Å². The molecule has 0 spiro atoms. The fraction of sp³-hybridized carbons (Fsp3) is 0.158. The first kappa shape index (κ1) is 16.2. The van der Waals surface area contributed by atoms with E-state index in [1.54, 1.807) is 6.21 Å². The molecule has 0 aliphatic rings. The van der Waals surface area contributed by atoms with Gasteiger partial charge in [0.15, 0.2) is 0 Å². The van der Waals surface area contributed by atoms with Crippen molar-refractivity contribution in [1.29, 1.82) is 0 Å². The number of hydrazone groups is 1. The van der Waals surface area contributed by atoms with Gasteiger partial charge in [0.05, 0.1) is 18.5 Å². The molecule has 3 aromatic rings. The van der Waals surface area contributed by atoms with E-state index in [-0.39, 0.29) is 0 Å².